The van der Waals surface area contributed by atoms with Gasteiger partial charge in [0.25, 0.3) is 0 Å². The second kappa shape index (κ2) is 17.0. The Labute approximate surface area is 329 Å². The molecule has 0 spiro atoms. The molecule has 0 saturated carbocycles. The number of nitrogens with two attached hydrogens (primary N) is 2. The lowest BCUT2D eigenvalue weighted by atomic mass is 10.3. The third-order valence-corrected chi connectivity index (χ3v) is 8.24. The first-order chi connectivity index (χ1) is 27.9. The molecule has 8 aromatic rings. The molecule has 0 aliphatic rings. The van der Waals surface area contributed by atoms with E-state index in [2.05, 4.69) is 0 Å². The van der Waals surface area contributed by atoms with Gasteiger partial charge in [0.1, 0.15) is 80.5 Å². The molecule has 0 radical (unpaired) electrons. The van der Waals surface area contributed by atoms with Crippen molar-refractivity contribution in [3.8, 4) is 80.5 Å². The second-order valence-corrected chi connectivity index (χ2v) is 12.7. The molecule has 0 amide bonds. The van der Waals surface area contributed by atoms with E-state index in [0.29, 0.717) is 91.9 Å². The van der Waals surface area contributed by atoms with Crippen LogP contribution in [0, 0.1) is 0 Å². The van der Waals surface area contributed by atoms with Gasteiger partial charge in [-0.2, -0.15) is 0 Å². The molecule has 57 heavy (non-hydrogen) atoms. The Kier molecular flexibility index (Phi) is 10.7. The van der Waals surface area contributed by atoms with E-state index in [1.54, 1.807) is 12.1 Å². The summed E-state index contributed by atoms with van der Waals surface area (Å²) in [5, 5.41) is 0. The summed E-state index contributed by atoms with van der Waals surface area (Å²) in [6.07, 6.45) is 0. The molecule has 280 valence electrons. The summed E-state index contributed by atoms with van der Waals surface area (Å²) in [7, 11) is 0. The Balaban J connectivity index is 0.840. The van der Waals surface area contributed by atoms with Gasteiger partial charge in [-0.1, -0.05) is 36.4 Å². The number of anilines is 2. The van der Waals surface area contributed by atoms with Crippen LogP contribution in [0.25, 0.3) is 0 Å². The average Bonchev–Trinajstić information content (AvgIpc) is 3.20. The van der Waals surface area contributed by atoms with Crippen LogP contribution in [-0.4, -0.2) is 0 Å². The van der Waals surface area contributed by atoms with Gasteiger partial charge < -0.3 is 44.6 Å². The van der Waals surface area contributed by atoms with Gasteiger partial charge in [-0.3, -0.25) is 0 Å². The van der Waals surface area contributed by atoms with Crippen LogP contribution in [0.3, 0.4) is 0 Å². The number of hydrogen-bond acceptors (Lipinski definition) is 9. The van der Waals surface area contributed by atoms with Gasteiger partial charge in [0.05, 0.1) is 0 Å². The first-order valence-corrected chi connectivity index (χ1v) is 18.0. The average molecular weight is 753 g/mol. The molecule has 8 rings (SSSR count). The van der Waals surface area contributed by atoms with Crippen LogP contribution in [0.4, 0.5) is 11.4 Å². The lowest BCUT2D eigenvalue weighted by Gasteiger charge is -2.12. The standard InChI is InChI=1S/C48H36N2O7/c49-33-7-1-9-39(27-33)55-45-15-3-11-41(29-45)51-35-19-23-37(24-20-35)53-43-13-5-17-47(31-43)57-48-18-6-14-44(32-48)54-38-25-21-36(22-26-38)52-42-12-4-16-46(30-42)56-40-10-2-8-34(50)28-40/h1-32H,49-50H2. The summed E-state index contributed by atoms with van der Waals surface area (Å²) >= 11 is 0. The van der Waals surface area contributed by atoms with E-state index in [0.717, 1.165) is 0 Å². The Morgan fingerprint density at radius 2 is 0.368 bits per heavy atom. The van der Waals surface area contributed by atoms with E-state index >= 15 is 0 Å². The second-order valence-electron chi connectivity index (χ2n) is 12.7. The van der Waals surface area contributed by atoms with Gasteiger partial charge in [-0.15, -0.1) is 0 Å². The molecule has 9 nitrogen and oxygen atoms in total. The van der Waals surface area contributed by atoms with Crippen LogP contribution in [0.5, 0.6) is 80.5 Å². The smallest absolute Gasteiger partial charge is 0.131 e. The molecule has 0 heterocycles. The quantitative estimate of drug-likeness (QED) is 0.105. The van der Waals surface area contributed by atoms with E-state index in [4.69, 9.17) is 44.6 Å². The molecular weight excluding hydrogens is 717 g/mol. The van der Waals surface area contributed by atoms with Crippen molar-refractivity contribution in [3.05, 3.63) is 194 Å². The molecule has 0 aliphatic carbocycles. The molecule has 0 saturated heterocycles. The largest absolute Gasteiger partial charge is 0.457 e. The summed E-state index contributed by atoms with van der Waals surface area (Å²) in [6, 6.07) is 58.9. The van der Waals surface area contributed by atoms with Crippen LogP contribution in [0.2, 0.25) is 0 Å². The third-order valence-electron chi connectivity index (χ3n) is 8.24. The van der Waals surface area contributed by atoms with Crippen molar-refractivity contribution in [2.75, 3.05) is 11.5 Å². The maximum Gasteiger partial charge on any atom is 0.131 e. The zero-order chi connectivity index (χ0) is 38.8. The van der Waals surface area contributed by atoms with E-state index in [1.807, 2.05) is 182 Å². The molecule has 0 aliphatic heterocycles. The fourth-order valence-corrected chi connectivity index (χ4v) is 5.66. The molecule has 9 heteroatoms. The summed E-state index contributed by atoms with van der Waals surface area (Å²) in [5.74, 6) is 8.85. The van der Waals surface area contributed by atoms with Crippen LogP contribution in [0.15, 0.2) is 194 Å². The highest BCUT2D eigenvalue weighted by Crippen LogP contribution is 2.35. The van der Waals surface area contributed by atoms with E-state index in [-0.39, 0.29) is 0 Å². The first-order valence-electron chi connectivity index (χ1n) is 18.0. The highest BCUT2D eigenvalue weighted by molar-refractivity contribution is 5.49. The molecule has 0 atom stereocenters. The minimum Gasteiger partial charge on any atom is -0.457 e. The fraction of sp³-hybridized carbons (Fsp3) is 0. The summed E-state index contributed by atoms with van der Waals surface area (Å²) in [6.45, 7) is 0. The van der Waals surface area contributed by atoms with E-state index in [1.165, 1.54) is 0 Å². The van der Waals surface area contributed by atoms with Crippen molar-refractivity contribution in [1.82, 2.24) is 0 Å². The maximum absolute atomic E-state index is 6.18. The monoisotopic (exact) mass is 752 g/mol. The Morgan fingerprint density at radius 3 is 0.579 bits per heavy atom. The van der Waals surface area contributed by atoms with Gasteiger partial charge in [0.2, 0.25) is 0 Å². The van der Waals surface area contributed by atoms with E-state index < -0.39 is 0 Å². The first kappa shape index (κ1) is 36.0. The molecule has 0 bridgehead atoms. The molecular formula is C48H36N2O7. The number of nitrogen functional groups attached to an aromatic ring is 2. The number of rotatable bonds is 14. The Morgan fingerprint density at radius 1 is 0.193 bits per heavy atom. The predicted octanol–water partition coefficient (Wildman–Crippen LogP) is 13.4. The minimum atomic E-state index is 0.605. The van der Waals surface area contributed by atoms with Gasteiger partial charge >= 0.3 is 0 Å². The van der Waals surface area contributed by atoms with Crippen LogP contribution in [0.1, 0.15) is 0 Å². The Bertz CT molecular complexity index is 2410. The number of ether oxygens (including phenoxy) is 7. The van der Waals surface area contributed by atoms with Gasteiger partial charge in [0, 0.05) is 47.8 Å². The fourth-order valence-electron chi connectivity index (χ4n) is 5.66. The maximum atomic E-state index is 6.18. The van der Waals surface area contributed by atoms with Crippen molar-refractivity contribution in [2.24, 2.45) is 0 Å². The van der Waals surface area contributed by atoms with Crippen molar-refractivity contribution >= 4 is 11.4 Å². The van der Waals surface area contributed by atoms with E-state index in [9.17, 15) is 0 Å². The highest BCUT2D eigenvalue weighted by atomic mass is 16.5. The van der Waals surface area contributed by atoms with Crippen molar-refractivity contribution < 1.29 is 33.2 Å². The molecule has 8 aromatic carbocycles. The van der Waals surface area contributed by atoms with Gasteiger partial charge in [-0.05, 0) is 121 Å². The van der Waals surface area contributed by atoms with Crippen LogP contribution < -0.4 is 44.6 Å². The molecule has 0 fully saturated rings. The Hall–Kier alpha value is -8.04. The highest BCUT2D eigenvalue weighted by Gasteiger charge is 2.08. The SMILES string of the molecule is Nc1cccc(Oc2cccc(Oc3ccc(Oc4cccc(Oc5cccc(Oc6ccc(Oc7cccc(Oc8cccc(N)c8)c7)cc6)c5)c4)cc3)c2)c1. The minimum absolute atomic E-state index is 0.605. The van der Waals surface area contributed by atoms with Crippen molar-refractivity contribution in [3.63, 3.8) is 0 Å². The topological polar surface area (TPSA) is 117 Å². The van der Waals surface area contributed by atoms with Crippen molar-refractivity contribution in [2.45, 2.75) is 0 Å². The summed E-state index contributed by atoms with van der Waals surface area (Å²) < 4.78 is 42.4. The molecule has 4 N–H and O–H groups in total. The molecule has 0 unspecified atom stereocenters. The lowest BCUT2D eigenvalue weighted by Crippen LogP contribution is -1.90. The number of benzene rings is 8. The van der Waals surface area contributed by atoms with Gasteiger partial charge in [-0.25, -0.2) is 0 Å². The van der Waals surface area contributed by atoms with Crippen molar-refractivity contribution in [1.29, 1.82) is 0 Å². The summed E-state index contributed by atoms with van der Waals surface area (Å²) in [4.78, 5) is 0. The molecule has 0 aromatic heterocycles. The van der Waals surface area contributed by atoms with Crippen LogP contribution >= 0.6 is 0 Å². The zero-order valence-electron chi connectivity index (χ0n) is 30.5. The van der Waals surface area contributed by atoms with Crippen LogP contribution in [-0.2, 0) is 0 Å². The number of hydrogen-bond donors (Lipinski definition) is 2. The third kappa shape index (κ3) is 10.1. The zero-order valence-corrected chi connectivity index (χ0v) is 30.5. The van der Waals surface area contributed by atoms with Gasteiger partial charge in [0.15, 0.2) is 0 Å². The summed E-state index contributed by atoms with van der Waals surface area (Å²) in [5.41, 5.74) is 13.0. The lowest BCUT2D eigenvalue weighted by molar-refractivity contribution is 0.447. The predicted molar refractivity (Wildman–Crippen MR) is 221 cm³/mol. The normalized spacial score (nSPS) is 10.6.